The van der Waals surface area contributed by atoms with Crippen LogP contribution in [0.25, 0.3) is 0 Å². The van der Waals surface area contributed by atoms with E-state index in [0.717, 1.165) is 0 Å². The highest BCUT2D eigenvalue weighted by Crippen LogP contribution is 2.23. The van der Waals surface area contributed by atoms with E-state index in [4.69, 9.17) is 26.6 Å². The number of ether oxygens (including phenoxy) is 1. The molecule has 5 heteroatoms. The summed E-state index contributed by atoms with van der Waals surface area (Å²) in [5.74, 6) is -1.18. The van der Waals surface area contributed by atoms with Crippen LogP contribution in [0, 0.1) is 6.92 Å². The Bertz CT molecular complexity index is 351. The van der Waals surface area contributed by atoms with Crippen molar-refractivity contribution in [3.05, 3.63) is 28.8 Å². The zero-order valence-corrected chi connectivity index (χ0v) is 8.15. The fourth-order valence-corrected chi connectivity index (χ4v) is 1.03. The molecule has 1 aromatic rings. The van der Waals surface area contributed by atoms with Crippen molar-refractivity contribution in [2.24, 2.45) is 0 Å². The van der Waals surface area contributed by atoms with Crippen LogP contribution in [0.2, 0.25) is 5.02 Å². The number of aliphatic hydroxyl groups excluding tert-OH is 1. The first-order valence-electron chi connectivity index (χ1n) is 3.84. The van der Waals surface area contributed by atoms with Crippen LogP contribution in [0.3, 0.4) is 0 Å². The number of rotatable bonds is 3. The van der Waals surface area contributed by atoms with Gasteiger partial charge < -0.3 is 14.9 Å². The van der Waals surface area contributed by atoms with Gasteiger partial charge in [-0.05, 0) is 24.6 Å². The third kappa shape index (κ3) is 2.61. The molecule has 4 nitrogen and oxygen atoms in total. The fourth-order valence-electron chi connectivity index (χ4n) is 0.872. The molecule has 14 heavy (non-hydrogen) atoms. The van der Waals surface area contributed by atoms with E-state index in [1.165, 1.54) is 6.07 Å². The van der Waals surface area contributed by atoms with Crippen LogP contribution in [-0.4, -0.2) is 22.5 Å². The summed E-state index contributed by atoms with van der Waals surface area (Å²) < 4.78 is 4.76. The molecule has 2 N–H and O–H groups in total. The van der Waals surface area contributed by atoms with Crippen molar-refractivity contribution in [2.45, 2.75) is 13.2 Å². The highest BCUT2D eigenvalue weighted by atomic mass is 35.5. The van der Waals surface area contributed by atoms with Crippen molar-refractivity contribution >= 4 is 17.6 Å². The predicted octanol–water partition coefficient (Wildman–Crippen LogP) is 1.43. The summed E-state index contributed by atoms with van der Waals surface area (Å²) in [6, 6.07) is 4.77. The van der Waals surface area contributed by atoms with Gasteiger partial charge in [-0.1, -0.05) is 17.7 Å². The molecular weight excluding hydrogens is 208 g/mol. The van der Waals surface area contributed by atoms with Crippen LogP contribution < -0.4 is 4.74 Å². The van der Waals surface area contributed by atoms with E-state index in [1.54, 1.807) is 19.1 Å². The average Bonchev–Trinajstić information content (AvgIpc) is 2.11. The van der Waals surface area contributed by atoms with Gasteiger partial charge in [0.05, 0.1) is 0 Å². The first kappa shape index (κ1) is 10.8. The van der Waals surface area contributed by atoms with E-state index in [0.29, 0.717) is 10.6 Å². The Morgan fingerprint density at radius 2 is 2.21 bits per heavy atom. The number of benzene rings is 1. The number of aryl methyl sites for hydroxylation is 1. The number of aliphatic hydroxyl groups is 1. The second-order valence-corrected chi connectivity index (χ2v) is 3.15. The smallest absolute Gasteiger partial charge is 0.373 e. The molecule has 0 fully saturated rings. The summed E-state index contributed by atoms with van der Waals surface area (Å²) in [6.45, 7) is 1.72. The van der Waals surface area contributed by atoms with Crippen LogP contribution in [0.1, 0.15) is 5.56 Å². The van der Waals surface area contributed by atoms with Gasteiger partial charge >= 0.3 is 5.97 Å². The van der Waals surface area contributed by atoms with Crippen molar-refractivity contribution < 1.29 is 19.7 Å². The van der Waals surface area contributed by atoms with Crippen molar-refractivity contribution in [2.75, 3.05) is 0 Å². The maximum absolute atomic E-state index is 10.3. The summed E-state index contributed by atoms with van der Waals surface area (Å²) in [4.78, 5) is 10.3. The molecule has 1 rings (SSSR count). The van der Waals surface area contributed by atoms with E-state index < -0.39 is 12.3 Å². The largest absolute Gasteiger partial charge is 0.477 e. The van der Waals surface area contributed by atoms with Crippen molar-refractivity contribution in [1.29, 1.82) is 0 Å². The third-order valence-corrected chi connectivity index (χ3v) is 1.84. The number of aliphatic carboxylic acids is 1. The molecule has 1 aromatic carbocycles. The van der Waals surface area contributed by atoms with Gasteiger partial charge in [0, 0.05) is 5.02 Å². The monoisotopic (exact) mass is 216 g/mol. The predicted molar refractivity (Wildman–Crippen MR) is 50.5 cm³/mol. The molecule has 0 amide bonds. The molecule has 1 unspecified atom stereocenters. The Balaban J connectivity index is 2.85. The van der Waals surface area contributed by atoms with Crippen LogP contribution in [-0.2, 0) is 4.79 Å². The SMILES string of the molecule is Cc1ccc(Cl)cc1OC(O)C(=O)O. The first-order chi connectivity index (χ1) is 6.50. The second kappa shape index (κ2) is 4.30. The lowest BCUT2D eigenvalue weighted by Crippen LogP contribution is -2.26. The van der Waals surface area contributed by atoms with E-state index in [9.17, 15) is 4.79 Å². The minimum atomic E-state index is -1.87. The molecule has 0 aliphatic carbocycles. The van der Waals surface area contributed by atoms with Gasteiger partial charge in [0.15, 0.2) is 0 Å². The van der Waals surface area contributed by atoms with Crippen LogP contribution >= 0.6 is 11.6 Å². The van der Waals surface area contributed by atoms with Crippen molar-refractivity contribution in [1.82, 2.24) is 0 Å². The van der Waals surface area contributed by atoms with E-state index >= 15 is 0 Å². The molecule has 0 bridgehead atoms. The summed E-state index contributed by atoms with van der Waals surface area (Å²) in [6.07, 6.45) is -1.87. The Hall–Kier alpha value is -1.26. The topological polar surface area (TPSA) is 66.8 Å². The zero-order valence-electron chi connectivity index (χ0n) is 7.40. The summed E-state index contributed by atoms with van der Waals surface area (Å²) in [7, 11) is 0. The number of hydrogen-bond donors (Lipinski definition) is 2. The van der Waals surface area contributed by atoms with Gasteiger partial charge in [-0.15, -0.1) is 0 Å². The van der Waals surface area contributed by atoms with E-state index in [2.05, 4.69) is 0 Å². The molecule has 0 spiro atoms. The Morgan fingerprint density at radius 1 is 1.57 bits per heavy atom. The molecule has 1 atom stereocenters. The quantitative estimate of drug-likeness (QED) is 0.751. The van der Waals surface area contributed by atoms with Crippen LogP contribution in [0.5, 0.6) is 5.75 Å². The summed E-state index contributed by atoms with van der Waals surface area (Å²) >= 11 is 5.67. The third-order valence-electron chi connectivity index (χ3n) is 1.60. The number of carboxylic acids is 1. The van der Waals surface area contributed by atoms with Gasteiger partial charge in [-0.25, -0.2) is 4.79 Å². The number of halogens is 1. The van der Waals surface area contributed by atoms with Gasteiger partial charge in [0.2, 0.25) is 0 Å². The Labute approximate surface area is 85.7 Å². The Kier molecular flexibility index (Phi) is 3.33. The van der Waals surface area contributed by atoms with E-state index in [1.807, 2.05) is 0 Å². The lowest BCUT2D eigenvalue weighted by atomic mass is 10.2. The van der Waals surface area contributed by atoms with Crippen molar-refractivity contribution in [3.63, 3.8) is 0 Å². The second-order valence-electron chi connectivity index (χ2n) is 2.72. The van der Waals surface area contributed by atoms with Crippen LogP contribution in [0.15, 0.2) is 18.2 Å². The lowest BCUT2D eigenvalue weighted by molar-refractivity contribution is -0.162. The molecule has 76 valence electrons. The minimum absolute atomic E-state index is 0.257. The minimum Gasteiger partial charge on any atom is -0.477 e. The van der Waals surface area contributed by atoms with Crippen molar-refractivity contribution in [3.8, 4) is 5.75 Å². The average molecular weight is 217 g/mol. The Morgan fingerprint density at radius 3 is 2.79 bits per heavy atom. The summed E-state index contributed by atoms with van der Waals surface area (Å²) in [5, 5.41) is 17.7. The molecule has 0 heterocycles. The molecule has 0 saturated carbocycles. The summed E-state index contributed by atoms with van der Waals surface area (Å²) in [5.41, 5.74) is 0.703. The molecule has 0 aliphatic rings. The van der Waals surface area contributed by atoms with Gasteiger partial charge in [0.1, 0.15) is 5.75 Å². The number of hydrogen-bond acceptors (Lipinski definition) is 3. The highest BCUT2D eigenvalue weighted by Gasteiger charge is 2.15. The maximum atomic E-state index is 10.3. The zero-order chi connectivity index (χ0) is 10.7. The van der Waals surface area contributed by atoms with Gasteiger partial charge in [-0.2, -0.15) is 0 Å². The van der Waals surface area contributed by atoms with Gasteiger partial charge in [-0.3, -0.25) is 0 Å². The van der Waals surface area contributed by atoms with Crippen LogP contribution in [0.4, 0.5) is 0 Å². The number of carboxylic acid groups (broad SMARTS) is 1. The lowest BCUT2D eigenvalue weighted by Gasteiger charge is -2.11. The fraction of sp³-hybridized carbons (Fsp3) is 0.222. The molecule has 0 aliphatic heterocycles. The standard InChI is InChI=1S/C9H9ClO4/c1-5-2-3-6(10)4-7(5)14-9(13)8(11)12/h2-4,9,13H,1H3,(H,11,12). The molecule has 0 aromatic heterocycles. The van der Waals surface area contributed by atoms with E-state index in [-0.39, 0.29) is 5.75 Å². The maximum Gasteiger partial charge on any atom is 0.373 e. The number of carbonyl (C=O) groups is 1. The highest BCUT2D eigenvalue weighted by molar-refractivity contribution is 6.30. The molecule has 0 radical (unpaired) electrons. The molecule has 0 saturated heterocycles. The first-order valence-corrected chi connectivity index (χ1v) is 4.22. The normalized spacial score (nSPS) is 12.2. The molecular formula is C9H9ClO4. The van der Waals surface area contributed by atoms with Gasteiger partial charge in [0.25, 0.3) is 6.29 Å².